The van der Waals surface area contributed by atoms with Crippen molar-refractivity contribution in [1.82, 2.24) is 15.0 Å². The van der Waals surface area contributed by atoms with Crippen LogP contribution in [0.2, 0.25) is 0 Å². The van der Waals surface area contributed by atoms with E-state index in [1.165, 1.54) is 0 Å². The van der Waals surface area contributed by atoms with Crippen LogP contribution in [-0.2, 0) is 4.79 Å². The fraction of sp³-hybridized carbons (Fsp3) is 0.250. The Bertz CT molecular complexity index is 661. The summed E-state index contributed by atoms with van der Waals surface area (Å²) >= 11 is 0. The van der Waals surface area contributed by atoms with Crippen molar-refractivity contribution >= 4 is 29.1 Å². The molecule has 2 aromatic rings. The molecule has 0 aliphatic carbocycles. The molecule has 0 fully saturated rings. The van der Waals surface area contributed by atoms with Crippen LogP contribution in [0.25, 0.3) is 10.9 Å². The Hall–Kier alpha value is -2.75. The van der Waals surface area contributed by atoms with Crippen molar-refractivity contribution in [2.24, 2.45) is 0 Å². The summed E-state index contributed by atoms with van der Waals surface area (Å²) in [4.78, 5) is 22.8. The molecule has 0 saturated heterocycles. The lowest BCUT2D eigenvalue weighted by Gasteiger charge is -2.11. The van der Waals surface area contributed by atoms with E-state index in [1.54, 1.807) is 12.3 Å². The smallest absolute Gasteiger partial charge is 0.229 e. The summed E-state index contributed by atoms with van der Waals surface area (Å²) in [5.41, 5.74) is 0.849. The number of rotatable bonds is 4. The molecule has 7 heteroatoms. The Morgan fingerprint density at radius 3 is 2.84 bits per heavy atom. The van der Waals surface area contributed by atoms with Crippen molar-refractivity contribution in [2.45, 2.75) is 19.9 Å². The molecule has 0 aliphatic rings. The van der Waals surface area contributed by atoms with Gasteiger partial charge in [0.25, 0.3) is 0 Å². The maximum absolute atomic E-state index is 10.4. The Morgan fingerprint density at radius 2 is 2.21 bits per heavy atom. The predicted octanol–water partition coefficient (Wildman–Crippen LogP) is 1.29. The van der Waals surface area contributed by atoms with Gasteiger partial charge in [-0.25, -0.2) is 15.0 Å². The molecule has 0 saturated carbocycles. The van der Waals surface area contributed by atoms with Crippen molar-refractivity contribution in [3.05, 3.63) is 18.0 Å². The molecule has 0 bridgehead atoms. The topological polar surface area (TPSA) is 104 Å². The normalized spacial score (nSPS) is 10.2. The Labute approximate surface area is 109 Å². The summed E-state index contributed by atoms with van der Waals surface area (Å²) in [6.07, 6.45) is 2.05. The van der Waals surface area contributed by atoms with Gasteiger partial charge in [0.05, 0.1) is 0 Å². The van der Waals surface area contributed by atoms with Crippen LogP contribution in [0.5, 0.6) is 0 Å². The maximum Gasteiger partial charge on any atom is 0.229 e. The standard InChI is InChI=1S/C12H12N6O/c1-7(2)16-11-10-8(3-9(4-13)17-11)5-14-12(18-10)15-6-19/h3,5-7H,1-2H3,(H,16,17)(H,14,15,18,19). The number of nitriles is 1. The summed E-state index contributed by atoms with van der Waals surface area (Å²) < 4.78 is 0. The average molecular weight is 256 g/mol. The van der Waals surface area contributed by atoms with Gasteiger partial charge in [-0.05, 0) is 19.9 Å². The van der Waals surface area contributed by atoms with Crippen LogP contribution in [-0.4, -0.2) is 27.4 Å². The van der Waals surface area contributed by atoms with E-state index < -0.39 is 0 Å². The highest BCUT2D eigenvalue weighted by atomic mass is 16.1. The highest BCUT2D eigenvalue weighted by molar-refractivity contribution is 5.89. The Morgan fingerprint density at radius 1 is 1.42 bits per heavy atom. The number of amides is 1. The highest BCUT2D eigenvalue weighted by Gasteiger charge is 2.10. The van der Waals surface area contributed by atoms with Crippen molar-refractivity contribution in [1.29, 1.82) is 5.26 Å². The third-order valence-corrected chi connectivity index (χ3v) is 2.29. The highest BCUT2D eigenvalue weighted by Crippen LogP contribution is 2.21. The van der Waals surface area contributed by atoms with Gasteiger partial charge >= 0.3 is 0 Å². The number of nitrogens with zero attached hydrogens (tertiary/aromatic N) is 4. The fourth-order valence-corrected chi connectivity index (χ4v) is 1.59. The first-order valence-electron chi connectivity index (χ1n) is 5.68. The molecule has 0 aromatic carbocycles. The lowest BCUT2D eigenvalue weighted by atomic mass is 10.2. The van der Waals surface area contributed by atoms with E-state index >= 15 is 0 Å². The predicted molar refractivity (Wildman–Crippen MR) is 70.5 cm³/mol. The van der Waals surface area contributed by atoms with Crippen LogP contribution in [0, 0.1) is 11.3 Å². The molecule has 0 atom stereocenters. The lowest BCUT2D eigenvalue weighted by Crippen LogP contribution is -2.13. The molecule has 7 nitrogen and oxygen atoms in total. The Balaban J connectivity index is 2.62. The quantitative estimate of drug-likeness (QED) is 0.799. The number of pyridine rings is 1. The third kappa shape index (κ3) is 2.74. The molecule has 2 N–H and O–H groups in total. The minimum absolute atomic E-state index is 0.141. The summed E-state index contributed by atoms with van der Waals surface area (Å²) in [6.45, 7) is 3.91. The summed E-state index contributed by atoms with van der Waals surface area (Å²) in [6, 6.07) is 3.74. The minimum Gasteiger partial charge on any atom is -0.366 e. The summed E-state index contributed by atoms with van der Waals surface area (Å²) in [5, 5.41) is 15.1. The van der Waals surface area contributed by atoms with E-state index in [1.807, 2.05) is 19.9 Å². The van der Waals surface area contributed by atoms with E-state index in [2.05, 4.69) is 25.6 Å². The summed E-state index contributed by atoms with van der Waals surface area (Å²) in [5.74, 6) is 0.696. The molecule has 0 spiro atoms. The van der Waals surface area contributed by atoms with Gasteiger partial charge in [-0.3, -0.25) is 10.1 Å². The second-order valence-corrected chi connectivity index (χ2v) is 4.16. The first-order valence-corrected chi connectivity index (χ1v) is 5.68. The molecule has 0 aliphatic heterocycles. The lowest BCUT2D eigenvalue weighted by molar-refractivity contribution is -0.105. The number of nitrogens with one attached hydrogen (secondary N) is 2. The van der Waals surface area contributed by atoms with E-state index in [4.69, 9.17) is 5.26 Å². The first kappa shape index (κ1) is 12.7. The molecule has 0 unspecified atom stereocenters. The van der Waals surface area contributed by atoms with Gasteiger partial charge in [0, 0.05) is 17.6 Å². The maximum atomic E-state index is 10.4. The van der Waals surface area contributed by atoms with Gasteiger partial charge in [0.1, 0.15) is 17.3 Å². The molecule has 2 rings (SSSR count). The van der Waals surface area contributed by atoms with Crippen LogP contribution in [0.4, 0.5) is 11.8 Å². The monoisotopic (exact) mass is 256 g/mol. The van der Waals surface area contributed by atoms with Gasteiger partial charge in [0.2, 0.25) is 12.4 Å². The van der Waals surface area contributed by atoms with Crippen LogP contribution >= 0.6 is 0 Å². The zero-order valence-corrected chi connectivity index (χ0v) is 10.5. The Kier molecular flexibility index (Phi) is 3.52. The molecule has 1 amide bonds. The van der Waals surface area contributed by atoms with Crippen molar-refractivity contribution in [2.75, 3.05) is 10.6 Å². The molecule has 0 radical (unpaired) electrons. The minimum atomic E-state index is 0.141. The van der Waals surface area contributed by atoms with Gasteiger partial charge in [0.15, 0.2) is 5.82 Å². The van der Waals surface area contributed by atoms with Gasteiger partial charge < -0.3 is 5.32 Å². The second kappa shape index (κ2) is 5.27. The SMILES string of the molecule is CC(C)Nc1nc(C#N)cc2cnc(NC=O)nc12. The van der Waals surface area contributed by atoms with Crippen LogP contribution in [0.3, 0.4) is 0 Å². The van der Waals surface area contributed by atoms with Gasteiger partial charge in [-0.1, -0.05) is 0 Å². The average Bonchev–Trinajstić information content (AvgIpc) is 2.38. The molecule has 19 heavy (non-hydrogen) atoms. The van der Waals surface area contributed by atoms with Crippen molar-refractivity contribution in [3.8, 4) is 6.07 Å². The number of fused-ring (bicyclic) bond motifs is 1. The van der Waals surface area contributed by atoms with E-state index in [9.17, 15) is 4.79 Å². The number of carbonyl (C=O) groups is 1. The van der Waals surface area contributed by atoms with Crippen LogP contribution in [0.15, 0.2) is 12.3 Å². The molecule has 2 heterocycles. The van der Waals surface area contributed by atoms with Crippen molar-refractivity contribution in [3.63, 3.8) is 0 Å². The van der Waals surface area contributed by atoms with Crippen LogP contribution < -0.4 is 10.6 Å². The van der Waals surface area contributed by atoms with Gasteiger partial charge in [-0.2, -0.15) is 5.26 Å². The zero-order chi connectivity index (χ0) is 13.8. The molecular weight excluding hydrogens is 244 g/mol. The zero-order valence-electron chi connectivity index (χ0n) is 10.5. The largest absolute Gasteiger partial charge is 0.366 e. The molecule has 2 aromatic heterocycles. The van der Waals surface area contributed by atoms with E-state index in [0.717, 1.165) is 0 Å². The number of hydrogen-bond donors (Lipinski definition) is 2. The van der Waals surface area contributed by atoms with E-state index in [0.29, 0.717) is 23.1 Å². The number of anilines is 2. The van der Waals surface area contributed by atoms with Crippen LogP contribution in [0.1, 0.15) is 19.5 Å². The number of carbonyl (C=O) groups excluding carboxylic acids is 1. The molecular formula is C12H12N6O. The first-order chi connectivity index (χ1) is 9.13. The van der Waals surface area contributed by atoms with Gasteiger partial charge in [-0.15, -0.1) is 0 Å². The molecule has 96 valence electrons. The fourth-order valence-electron chi connectivity index (χ4n) is 1.59. The third-order valence-electron chi connectivity index (χ3n) is 2.29. The second-order valence-electron chi connectivity index (χ2n) is 4.16. The van der Waals surface area contributed by atoms with Crippen molar-refractivity contribution < 1.29 is 4.79 Å². The summed E-state index contributed by atoms with van der Waals surface area (Å²) in [7, 11) is 0. The van der Waals surface area contributed by atoms with E-state index in [-0.39, 0.29) is 17.7 Å². The number of hydrogen-bond acceptors (Lipinski definition) is 6. The number of aromatic nitrogens is 3.